The van der Waals surface area contributed by atoms with E-state index in [2.05, 4.69) is 68.2 Å². The Morgan fingerprint density at radius 2 is 1.43 bits per heavy atom. The number of ether oxygens (including phenoxy) is 2. The van der Waals surface area contributed by atoms with E-state index in [4.69, 9.17) is 9.47 Å². The summed E-state index contributed by atoms with van der Waals surface area (Å²) in [6.45, 7) is 8.30. The molecule has 0 N–H and O–H groups in total. The standard InChI is InChI=1S/C26H34O3Si/c1-30(2,3)16-10-15-23-17-24(27)18-26(23)28-19-25(20-29-26,21-11-6-4-7-12-21)22-13-8-5-9-14-22/h4-9,11-14,23H,10,15-20H2,1-3H3/t23-/m0/s1. The van der Waals surface area contributed by atoms with Crippen LogP contribution in [0.5, 0.6) is 0 Å². The molecule has 2 aliphatic rings. The Hall–Kier alpha value is -1.75. The predicted octanol–water partition coefficient (Wildman–Crippen LogP) is 5.81. The molecule has 1 saturated heterocycles. The highest BCUT2D eigenvalue weighted by Crippen LogP contribution is 2.48. The number of hydrogen-bond acceptors (Lipinski definition) is 3. The Bertz CT molecular complexity index is 807. The van der Waals surface area contributed by atoms with Crippen molar-refractivity contribution < 1.29 is 14.3 Å². The van der Waals surface area contributed by atoms with E-state index in [1.807, 2.05) is 12.1 Å². The van der Waals surface area contributed by atoms with Crippen LogP contribution in [0.4, 0.5) is 0 Å². The molecular weight excluding hydrogens is 388 g/mol. The molecule has 160 valence electrons. The first kappa shape index (κ1) is 21.5. The van der Waals surface area contributed by atoms with E-state index in [1.165, 1.54) is 17.2 Å². The summed E-state index contributed by atoms with van der Waals surface area (Å²) in [5.41, 5.74) is 2.05. The minimum absolute atomic E-state index is 0.172. The molecule has 0 bridgehead atoms. The lowest BCUT2D eigenvalue weighted by atomic mass is 9.74. The van der Waals surface area contributed by atoms with Gasteiger partial charge in [0.05, 0.1) is 25.0 Å². The summed E-state index contributed by atoms with van der Waals surface area (Å²) in [7, 11) is -1.08. The van der Waals surface area contributed by atoms with Crippen molar-refractivity contribution in [3.63, 3.8) is 0 Å². The largest absolute Gasteiger partial charge is 0.348 e. The molecular formula is C26H34O3Si. The minimum atomic E-state index is -1.08. The average molecular weight is 423 g/mol. The van der Waals surface area contributed by atoms with Gasteiger partial charge < -0.3 is 9.47 Å². The van der Waals surface area contributed by atoms with Crippen molar-refractivity contribution in [2.24, 2.45) is 5.92 Å². The molecule has 0 radical (unpaired) electrons. The molecule has 1 saturated carbocycles. The summed E-state index contributed by atoms with van der Waals surface area (Å²) in [6.07, 6.45) is 3.16. The van der Waals surface area contributed by atoms with Crippen LogP contribution in [0.25, 0.3) is 0 Å². The fourth-order valence-corrected chi connectivity index (χ4v) is 6.31. The summed E-state index contributed by atoms with van der Waals surface area (Å²) in [4.78, 5) is 12.4. The van der Waals surface area contributed by atoms with Crippen LogP contribution in [0.2, 0.25) is 25.7 Å². The molecule has 2 aromatic rings. The van der Waals surface area contributed by atoms with Gasteiger partial charge >= 0.3 is 0 Å². The molecule has 4 heteroatoms. The molecule has 1 heterocycles. The first-order chi connectivity index (χ1) is 14.3. The number of carbonyl (C=O) groups is 1. The fourth-order valence-electron chi connectivity index (χ4n) is 5.05. The summed E-state index contributed by atoms with van der Waals surface area (Å²) >= 11 is 0. The lowest BCUT2D eigenvalue weighted by molar-refractivity contribution is -0.300. The molecule has 2 fully saturated rings. The summed E-state index contributed by atoms with van der Waals surface area (Å²) in [5.74, 6) is -0.283. The maximum absolute atomic E-state index is 12.4. The lowest BCUT2D eigenvalue weighted by Crippen LogP contribution is -2.54. The third-order valence-corrected chi connectivity index (χ3v) is 8.65. The molecule has 1 atom stereocenters. The molecule has 2 aromatic carbocycles. The Labute approximate surface area is 181 Å². The van der Waals surface area contributed by atoms with E-state index in [-0.39, 0.29) is 17.1 Å². The first-order valence-electron chi connectivity index (χ1n) is 11.2. The predicted molar refractivity (Wildman–Crippen MR) is 123 cm³/mol. The van der Waals surface area contributed by atoms with Gasteiger partial charge in [-0.3, -0.25) is 4.79 Å². The highest BCUT2D eigenvalue weighted by atomic mass is 28.3. The summed E-state index contributed by atoms with van der Waals surface area (Å²) < 4.78 is 13.2. The summed E-state index contributed by atoms with van der Waals surface area (Å²) in [5, 5.41) is 0. The zero-order valence-corrected chi connectivity index (χ0v) is 19.5. The van der Waals surface area contributed by atoms with Crippen molar-refractivity contribution in [1.82, 2.24) is 0 Å². The maximum Gasteiger partial charge on any atom is 0.178 e. The average Bonchev–Trinajstić information content (AvgIpc) is 3.04. The minimum Gasteiger partial charge on any atom is -0.348 e. The van der Waals surface area contributed by atoms with E-state index >= 15 is 0 Å². The topological polar surface area (TPSA) is 35.5 Å². The maximum atomic E-state index is 12.4. The fraction of sp³-hybridized carbons (Fsp3) is 0.500. The number of benzene rings is 2. The van der Waals surface area contributed by atoms with Gasteiger partial charge in [-0.05, 0) is 17.5 Å². The van der Waals surface area contributed by atoms with E-state index < -0.39 is 13.9 Å². The van der Waals surface area contributed by atoms with Gasteiger partial charge in [0.2, 0.25) is 0 Å². The molecule has 1 spiro atoms. The number of rotatable bonds is 6. The molecule has 30 heavy (non-hydrogen) atoms. The lowest BCUT2D eigenvalue weighted by Gasteiger charge is -2.47. The zero-order valence-electron chi connectivity index (χ0n) is 18.5. The third kappa shape index (κ3) is 4.32. The monoisotopic (exact) mass is 422 g/mol. The quantitative estimate of drug-likeness (QED) is 0.551. The van der Waals surface area contributed by atoms with E-state index in [1.54, 1.807) is 0 Å². The zero-order chi connectivity index (χ0) is 21.2. The number of hydrogen-bond donors (Lipinski definition) is 0. The van der Waals surface area contributed by atoms with Gasteiger partial charge in [-0.25, -0.2) is 0 Å². The third-order valence-electron chi connectivity index (χ3n) is 6.80. The second-order valence-corrected chi connectivity index (χ2v) is 15.9. The molecule has 0 unspecified atom stereocenters. The van der Waals surface area contributed by atoms with Gasteiger partial charge in [-0.15, -0.1) is 0 Å². The van der Waals surface area contributed by atoms with Gasteiger partial charge in [0.15, 0.2) is 5.79 Å². The van der Waals surface area contributed by atoms with Crippen molar-refractivity contribution in [1.29, 1.82) is 0 Å². The normalized spacial score (nSPS) is 23.0. The summed E-state index contributed by atoms with van der Waals surface area (Å²) in [6, 6.07) is 22.3. The van der Waals surface area contributed by atoms with E-state index in [0.29, 0.717) is 26.1 Å². The van der Waals surface area contributed by atoms with Gasteiger partial charge in [-0.1, -0.05) is 92.8 Å². The van der Waals surface area contributed by atoms with Crippen LogP contribution in [0.1, 0.15) is 36.8 Å². The molecule has 0 aromatic heterocycles. The second kappa shape index (κ2) is 8.41. The number of Topliss-reactive ketones (excluding diaryl/α,β-unsaturated/α-hetero) is 1. The molecule has 1 aliphatic heterocycles. The number of carbonyl (C=O) groups excluding carboxylic acids is 1. The smallest absolute Gasteiger partial charge is 0.178 e. The molecule has 4 rings (SSSR count). The van der Waals surface area contributed by atoms with Crippen LogP contribution in [-0.2, 0) is 19.7 Å². The van der Waals surface area contributed by atoms with E-state index in [9.17, 15) is 4.79 Å². The highest BCUT2D eigenvalue weighted by molar-refractivity contribution is 6.76. The molecule has 0 amide bonds. The highest BCUT2D eigenvalue weighted by Gasteiger charge is 2.54. The van der Waals surface area contributed by atoms with E-state index in [0.717, 1.165) is 12.8 Å². The van der Waals surface area contributed by atoms with Gasteiger partial charge in [0, 0.05) is 20.4 Å². The first-order valence-corrected chi connectivity index (χ1v) is 14.9. The van der Waals surface area contributed by atoms with Crippen molar-refractivity contribution in [3.8, 4) is 0 Å². The van der Waals surface area contributed by atoms with Gasteiger partial charge in [0.1, 0.15) is 5.78 Å². The van der Waals surface area contributed by atoms with Crippen molar-refractivity contribution >= 4 is 13.9 Å². The number of ketones is 1. The van der Waals surface area contributed by atoms with Crippen LogP contribution < -0.4 is 0 Å². The Kier molecular flexibility index (Phi) is 6.02. The SMILES string of the molecule is C[Si](C)(C)CCC[C@H]1CC(=O)CC12OCC(c1ccccc1)(c1ccccc1)CO2. The molecule has 3 nitrogen and oxygen atoms in total. The van der Waals surface area contributed by atoms with Crippen LogP contribution >= 0.6 is 0 Å². The van der Waals surface area contributed by atoms with Crippen LogP contribution in [0.15, 0.2) is 60.7 Å². The van der Waals surface area contributed by atoms with Gasteiger partial charge in [0.25, 0.3) is 0 Å². The second-order valence-electron chi connectivity index (χ2n) is 10.3. The molecule has 1 aliphatic carbocycles. The van der Waals surface area contributed by atoms with Crippen molar-refractivity contribution in [3.05, 3.63) is 71.8 Å². The Morgan fingerprint density at radius 1 is 0.900 bits per heavy atom. The van der Waals surface area contributed by atoms with Crippen LogP contribution in [0.3, 0.4) is 0 Å². The van der Waals surface area contributed by atoms with Crippen LogP contribution in [0, 0.1) is 5.92 Å². The van der Waals surface area contributed by atoms with Crippen LogP contribution in [-0.4, -0.2) is 32.9 Å². The van der Waals surface area contributed by atoms with Gasteiger partial charge in [-0.2, -0.15) is 0 Å². The Morgan fingerprint density at radius 3 is 1.93 bits per heavy atom. The van der Waals surface area contributed by atoms with Crippen molar-refractivity contribution in [2.45, 2.75) is 62.6 Å². The van der Waals surface area contributed by atoms with Crippen molar-refractivity contribution in [2.75, 3.05) is 13.2 Å². The Balaban J connectivity index is 1.57.